The Morgan fingerprint density at radius 2 is 2.10 bits per heavy atom. The highest BCUT2D eigenvalue weighted by molar-refractivity contribution is 9.11. The van der Waals surface area contributed by atoms with Crippen LogP contribution < -0.4 is 0 Å². The highest BCUT2D eigenvalue weighted by Gasteiger charge is 2.04. The summed E-state index contributed by atoms with van der Waals surface area (Å²) < 4.78 is 3.78. The van der Waals surface area contributed by atoms with Gasteiger partial charge >= 0.3 is 0 Å². The van der Waals surface area contributed by atoms with Gasteiger partial charge in [-0.15, -0.1) is 0 Å². The first kappa shape index (κ1) is 8.27. The van der Waals surface area contributed by atoms with E-state index in [4.69, 9.17) is 0 Å². The Morgan fingerprint density at radius 1 is 1.50 bits per heavy atom. The minimum absolute atomic E-state index is 0.452. The Hall–Kier alpha value is 0.170. The first-order valence-electron chi connectivity index (χ1n) is 3.01. The van der Waals surface area contributed by atoms with Crippen molar-refractivity contribution in [3.8, 4) is 0 Å². The zero-order valence-corrected chi connectivity index (χ0v) is 8.98. The van der Waals surface area contributed by atoms with Gasteiger partial charge in [-0.2, -0.15) is 0 Å². The smallest absolute Gasteiger partial charge is 0.178 e. The number of hydrogen-bond donors (Lipinski definition) is 0. The summed E-state index contributed by atoms with van der Waals surface area (Å²) in [7, 11) is 0. The second kappa shape index (κ2) is 3.05. The van der Waals surface area contributed by atoms with Gasteiger partial charge in [0.05, 0.1) is 0 Å². The molecule has 2 nitrogen and oxygen atoms in total. The van der Waals surface area contributed by atoms with Crippen LogP contribution in [0.5, 0.6) is 0 Å². The van der Waals surface area contributed by atoms with E-state index in [2.05, 4.69) is 50.7 Å². The number of halogens is 2. The number of rotatable bonds is 1. The fourth-order valence-electron chi connectivity index (χ4n) is 0.705. The molecule has 1 aromatic heterocycles. The summed E-state index contributed by atoms with van der Waals surface area (Å²) in [6, 6.07) is 0.452. The van der Waals surface area contributed by atoms with Crippen molar-refractivity contribution in [3.63, 3.8) is 0 Å². The number of imidazole rings is 1. The summed E-state index contributed by atoms with van der Waals surface area (Å²) in [5.41, 5.74) is 0. The van der Waals surface area contributed by atoms with Crippen molar-refractivity contribution in [3.05, 3.63) is 15.5 Å². The van der Waals surface area contributed by atoms with Crippen molar-refractivity contribution in [2.45, 2.75) is 19.9 Å². The molecule has 1 rings (SSSR count). The monoisotopic (exact) mass is 266 g/mol. The molecule has 4 heteroatoms. The molecule has 0 aliphatic rings. The summed E-state index contributed by atoms with van der Waals surface area (Å²) in [5, 5.41) is 0. The van der Waals surface area contributed by atoms with Crippen molar-refractivity contribution in [2.75, 3.05) is 0 Å². The molecule has 0 aliphatic carbocycles. The largest absolute Gasteiger partial charge is 0.322 e. The third kappa shape index (κ3) is 1.61. The lowest BCUT2D eigenvalue weighted by Crippen LogP contribution is -1.98. The van der Waals surface area contributed by atoms with E-state index in [-0.39, 0.29) is 0 Å². The molecule has 10 heavy (non-hydrogen) atoms. The predicted octanol–water partition coefficient (Wildman–Crippen LogP) is 2.99. The van der Waals surface area contributed by atoms with Gasteiger partial charge in [-0.05, 0) is 45.7 Å². The topological polar surface area (TPSA) is 17.8 Å². The predicted molar refractivity (Wildman–Crippen MR) is 48.0 cm³/mol. The lowest BCUT2D eigenvalue weighted by atomic mass is 10.4. The third-order valence-electron chi connectivity index (χ3n) is 1.21. The zero-order valence-electron chi connectivity index (χ0n) is 5.81. The molecule has 0 atom stereocenters. The maximum absolute atomic E-state index is 4.13. The van der Waals surface area contributed by atoms with Crippen molar-refractivity contribution >= 4 is 31.9 Å². The lowest BCUT2D eigenvalue weighted by Gasteiger charge is -2.05. The molecule has 0 spiro atoms. The van der Waals surface area contributed by atoms with Crippen molar-refractivity contribution in [1.29, 1.82) is 0 Å². The standard InChI is InChI=1S/C6H8Br2N2/c1-4(2)10-3-5(7)9-6(10)8/h3-4H,1-2H3. The molecule has 1 heterocycles. The third-order valence-corrected chi connectivity index (χ3v) is 2.18. The Bertz CT molecular complexity index is 230. The molecule has 0 unspecified atom stereocenters. The highest BCUT2D eigenvalue weighted by Crippen LogP contribution is 2.18. The second-order valence-electron chi connectivity index (χ2n) is 2.33. The summed E-state index contributed by atoms with van der Waals surface area (Å²) in [6.07, 6.45) is 1.95. The van der Waals surface area contributed by atoms with Crippen LogP contribution in [-0.2, 0) is 0 Å². The van der Waals surface area contributed by atoms with E-state index in [0.717, 1.165) is 9.34 Å². The van der Waals surface area contributed by atoms with E-state index < -0.39 is 0 Å². The van der Waals surface area contributed by atoms with Gasteiger partial charge < -0.3 is 4.57 Å². The molecule has 56 valence electrons. The van der Waals surface area contributed by atoms with Crippen LogP contribution in [0.15, 0.2) is 15.5 Å². The summed E-state index contributed by atoms with van der Waals surface area (Å²) in [5.74, 6) is 0. The molecule has 0 N–H and O–H groups in total. The van der Waals surface area contributed by atoms with E-state index in [1.807, 2.05) is 10.8 Å². The van der Waals surface area contributed by atoms with Gasteiger partial charge in [0.15, 0.2) is 4.73 Å². The van der Waals surface area contributed by atoms with Gasteiger partial charge in [-0.1, -0.05) is 0 Å². The van der Waals surface area contributed by atoms with Crippen molar-refractivity contribution in [2.24, 2.45) is 0 Å². The Morgan fingerprint density at radius 3 is 2.30 bits per heavy atom. The number of nitrogens with zero attached hydrogens (tertiary/aromatic N) is 2. The quantitative estimate of drug-likeness (QED) is 0.765. The Kier molecular flexibility index (Phi) is 2.52. The van der Waals surface area contributed by atoms with Crippen LogP contribution in [0.3, 0.4) is 0 Å². The fourth-order valence-corrected chi connectivity index (χ4v) is 2.03. The minimum atomic E-state index is 0.452. The van der Waals surface area contributed by atoms with Gasteiger partial charge in [-0.3, -0.25) is 0 Å². The van der Waals surface area contributed by atoms with E-state index in [1.165, 1.54) is 0 Å². The van der Waals surface area contributed by atoms with E-state index in [1.54, 1.807) is 0 Å². The molecule has 0 aromatic carbocycles. The summed E-state index contributed by atoms with van der Waals surface area (Å²) >= 11 is 6.63. The average molecular weight is 268 g/mol. The fraction of sp³-hybridized carbons (Fsp3) is 0.500. The van der Waals surface area contributed by atoms with Gasteiger partial charge in [-0.25, -0.2) is 4.98 Å². The molecular formula is C6H8Br2N2. The normalized spacial score (nSPS) is 10.9. The Labute approximate surface area is 76.9 Å². The number of aromatic nitrogens is 2. The van der Waals surface area contributed by atoms with Crippen molar-refractivity contribution < 1.29 is 0 Å². The van der Waals surface area contributed by atoms with Gasteiger partial charge in [0.25, 0.3) is 0 Å². The molecule has 0 saturated carbocycles. The van der Waals surface area contributed by atoms with Crippen LogP contribution in [0.25, 0.3) is 0 Å². The van der Waals surface area contributed by atoms with Crippen LogP contribution in [0, 0.1) is 0 Å². The minimum Gasteiger partial charge on any atom is -0.322 e. The SMILES string of the molecule is CC(C)n1cc(Br)nc1Br. The van der Waals surface area contributed by atoms with Gasteiger partial charge in [0, 0.05) is 12.2 Å². The molecule has 1 aromatic rings. The van der Waals surface area contributed by atoms with Crippen LogP contribution in [0.2, 0.25) is 0 Å². The molecule has 0 amide bonds. The van der Waals surface area contributed by atoms with E-state index >= 15 is 0 Å². The lowest BCUT2D eigenvalue weighted by molar-refractivity contribution is 0.587. The van der Waals surface area contributed by atoms with Crippen molar-refractivity contribution in [1.82, 2.24) is 9.55 Å². The molecule has 0 aliphatic heterocycles. The van der Waals surface area contributed by atoms with Crippen LogP contribution in [0.4, 0.5) is 0 Å². The zero-order chi connectivity index (χ0) is 7.72. The molecule has 0 saturated heterocycles. The summed E-state index contributed by atoms with van der Waals surface area (Å²) in [6.45, 7) is 4.22. The molecule has 0 radical (unpaired) electrons. The van der Waals surface area contributed by atoms with Crippen LogP contribution in [-0.4, -0.2) is 9.55 Å². The maximum atomic E-state index is 4.13. The first-order chi connectivity index (χ1) is 4.61. The van der Waals surface area contributed by atoms with Crippen LogP contribution >= 0.6 is 31.9 Å². The van der Waals surface area contributed by atoms with E-state index in [0.29, 0.717) is 6.04 Å². The van der Waals surface area contributed by atoms with E-state index in [9.17, 15) is 0 Å². The molecule has 0 fully saturated rings. The Balaban J connectivity index is 3.03. The molecule has 0 bridgehead atoms. The van der Waals surface area contributed by atoms with Gasteiger partial charge in [0.1, 0.15) is 4.60 Å². The second-order valence-corrected chi connectivity index (χ2v) is 3.86. The van der Waals surface area contributed by atoms with Gasteiger partial charge in [0.2, 0.25) is 0 Å². The molecular weight excluding hydrogens is 260 g/mol. The highest BCUT2D eigenvalue weighted by atomic mass is 79.9. The summed E-state index contributed by atoms with van der Waals surface area (Å²) in [4.78, 5) is 4.13. The first-order valence-corrected chi connectivity index (χ1v) is 4.59. The van der Waals surface area contributed by atoms with Crippen LogP contribution in [0.1, 0.15) is 19.9 Å². The maximum Gasteiger partial charge on any atom is 0.178 e. The average Bonchev–Trinajstić information content (AvgIpc) is 2.10. The number of hydrogen-bond acceptors (Lipinski definition) is 1.